The van der Waals surface area contributed by atoms with Crippen LogP contribution in [0.5, 0.6) is 0 Å². The van der Waals surface area contributed by atoms with E-state index in [0.717, 1.165) is 86.3 Å². The lowest BCUT2D eigenvalue weighted by Gasteiger charge is -2.31. The van der Waals surface area contributed by atoms with Gasteiger partial charge in [-0.25, -0.2) is 19.6 Å². The van der Waals surface area contributed by atoms with Crippen LogP contribution in [0.2, 0.25) is 0 Å². The number of hydrogen-bond acceptors (Lipinski definition) is 10. The van der Waals surface area contributed by atoms with Gasteiger partial charge in [-0.2, -0.15) is 0 Å². The van der Waals surface area contributed by atoms with E-state index >= 15 is 0 Å². The molecule has 6 heterocycles. The summed E-state index contributed by atoms with van der Waals surface area (Å²) in [6.07, 6.45) is 5.30. The van der Waals surface area contributed by atoms with E-state index in [2.05, 4.69) is 32.7 Å². The van der Waals surface area contributed by atoms with Crippen molar-refractivity contribution in [3.8, 4) is 22.3 Å². The monoisotopic (exact) mass is 838 g/mol. The maximum atomic E-state index is 13.9. The number of aromatic amines is 2. The molecule has 4 aromatic heterocycles. The van der Waals surface area contributed by atoms with Crippen molar-refractivity contribution in [1.82, 2.24) is 50.3 Å². The number of imidazole rings is 2. The first-order valence-corrected chi connectivity index (χ1v) is 21.5. The van der Waals surface area contributed by atoms with E-state index in [1.54, 1.807) is 0 Å². The number of ether oxygens (including phenoxy) is 2. The Hall–Kier alpha value is -6.58. The van der Waals surface area contributed by atoms with Crippen molar-refractivity contribution in [1.29, 1.82) is 0 Å². The largest absolute Gasteiger partial charge is 0.453 e. The number of piperidine rings is 2. The van der Waals surface area contributed by atoms with Gasteiger partial charge in [-0.05, 0) is 96.4 Å². The highest BCUT2D eigenvalue weighted by Gasteiger charge is 2.57. The van der Waals surface area contributed by atoms with Crippen LogP contribution in [0.4, 0.5) is 9.59 Å². The average molecular weight is 839 g/mol. The standard InChI is InChI=1S/C46H50N10O6/c1-21(2)38(53-45(59)61-5)43(57)55-20-28-11-29(28)40(55)42-50-31-10-8-24(13-35(31)52-42)27-15-33-32(48-19-27)14-26(18-47-33)23-7-9-30-34(12-23)51-41(49-30)37-17-25-16-36(25)56(37)44(58)39(22(3)4)54-46(60)62-6/h7-10,12-15,18-19,21-22,25,28-29,36-40H,11,16-17,20H2,1-6H3,(H,49,51)(H,50,52)(H,53,59)(H,54,60)/t25-,28+,29+,36-,37+,38+,39+,40+/m1/s1. The number of nitrogens with one attached hydrogen (secondary N) is 4. The van der Waals surface area contributed by atoms with Crippen molar-refractivity contribution in [2.45, 2.75) is 77.2 Å². The van der Waals surface area contributed by atoms with Gasteiger partial charge >= 0.3 is 12.2 Å². The number of likely N-dealkylation sites (tertiary alicyclic amines) is 2. The molecular formula is C46H50N10O6. The van der Waals surface area contributed by atoms with Gasteiger partial charge in [0.25, 0.3) is 0 Å². The normalized spacial score (nSPS) is 23.4. The van der Waals surface area contributed by atoms with Crippen LogP contribution in [0.1, 0.15) is 70.7 Å². The minimum absolute atomic E-state index is 0.111. The molecule has 2 saturated carbocycles. The number of hydrogen-bond donors (Lipinski definition) is 4. The molecule has 4 N–H and O–H groups in total. The summed E-state index contributed by atoms with van der Waals surface area (Å²) in [7, 11) is 2.60. The third-order valence-corrected chi connectivity index (χ3v) is 13.4. The fraction of sp³-hybridized carbons (Fsp3) is 0.435. The Balaban J connectivity index is 0.870. The molecule has 4 aliphatic rings. The molecule has 0 radical (unpaired) electrons. The molecule has 2 aromatic carbocycles. The van der Waals surface area contributed by atoms with Crippen LogP contribution in [0.15, 0.2) is 60.9 Å². The highest BCUT2D eigenvalue weighted by atomic mass is 16.5. The van der Waals surface area contributed by atoms with E-state index in [1.165, 1.54) is 14.2 Å². The molecule has 4 amide bonds. The number of nitrogens with zero attached hydrogens (tertiary/aromatic N) is 6. The van der Waals surface area contributed by atoms with Crippen LogP contribution in [0.25, 0.3) is 55.4 Å². The highest BCUT2D eigenvalue weighted by Crippen LogP contribution is 2.56. The van der Waals surface area contributed by atoms with Crippen molar-refractivity contribution >= 4 is 57.1 Å². The van der Waals surface area contributed by atoms with Crippen LogP contribution < -0.4 is 10.6 Å². The first kappa shape index (κ1) is 39.5. The number of fused-ring (bicyclic) bond motifs is 5. The van der Waals surface area contributed by atoms with Crippen LogP contribution in [-0.2, 0) is 19.1 Å². The number of carbonyl (C=O) groups excluding carboxylic acids is 4. The Morgan fingerprint density at radius 1 is 0.661 bits per heavy atom. The summed E-state index contributed by atoms with van der Waals surface area (Å²) in [6.45, 7) is 8.30. The van der Waals surface area contributed by atoms with E-state index < -0.39 is 24.3 Å². The molecule has 2 aliphatic heterocycles. The van der Waals surface area contributed by atoms with E-state index in [4.69, 9.17) is 29.4 Å². The maximum absolute atomic E-state index is 13.9. The lowest BCUT2D eigenvalue weighted by molar-refractivity contribution is -0.137. The van der Waals surface area contributed by atoms with E-state index in [9.17, 15) is 19.2 Å². The highest BCUT2D eigenvalue weighted by molar-refractivity contribution is 5.90. The van der Waals surface area contributed by atoms with Crippen molar-refractivity contribution in [2.24, 2.45) is 29.6 Å². The summed E-state index contributed by atoms with van der Waals surface area (Å²) in [5.74, 6) is 2.22. The van der Waals surface area contributed by atoms with Gasteiger partial charge in [0, 0.05) is 36.1 Å². The minimum atomic E-state index is -0.696. The van der Waals surface area contributed by atoms with Crippen LogP contribution >= 0.6 is 0 Å². The van der Waals surface area contributed by atoms with Gasteiger partial charge in [0.2, 0.25) is 11.8 Å². The van der Waals surface area contributed by atoms with Crippen LogP contribution in [-0.4, -0.2) is 103 Å². The average Bonchev–Trinajstić information content (AvgIpc) is 3.94. The van der Waals surface area contributed by atoms with Crippen LogP contribution in [0.3, 0.4) is 0 Å². The van der Waals surface area contributed by atoms with Gasteiger partial charge < -0.3 is 39.9 Å². The lowest BCUT2D eigenvalue weighted by Crippen LogP contribution is -2.52. The molecule has 10 rings (SSSR count). The molecule has 8 atom stereocenters. The summed E-state index contributed by atoms with van der Waals surface area (Å²) >= 11 is 0. The summed E-state index contributed by atoms with van der Waals surface area (Å²) in [6, 6.07) is 14.5. The zero-order valence-corrected chi connectivity index (χ0v) is 35.5. The fourth-order valence-electron chi connectivity index (χ4n) is 9.83. The van der Waals surface area contributed by atoms with Gasteiger partial charge in [-0.3, -0.25) is 19.6 Å². The third kappa shape index (κ3) is 6.94. The first-order chi connectivity index (χ1) is 29.9. The number of amides is 4. The second-order valence-electron chi connectivity index (χ2n) is 18.1. The summed E-state index contributed by atoms with van der Waals surface area (Å²) in [4.78, 5) is 82.3. The third-order valence-electron chi connectivity index (χ3n) is 13.4. The summed E-state index contributed by atoms with van der Waals surface area (Å²) < 4.78 is 9.62. The van der Waals surface area contributed by atoms with Gasteiger partial charge in [0.05, 0.1) is 59.4 Å². The Labute approximate surface area is 357 Å². The maximum Gasteiger partial charge on any atom is 0.407 e. The topological polar surface area (TPSA) is 200 Å². The predicted octanol–water partition coefficient (Wildman–Crippen LogP) is 6.66. The second kappa shape index (κ2) is 15.1. The Bertz CT molecular complexity index is 2780. The zero-order valence-electron chi connectivity index (χ0n) is 35.5. The van der Waals surface area contributed by atoms with E-state index in [0.29, 0.717) is 24.3 Å². The molecule has 320 valence electrons. The summed E-state index contributed by atoms with van der Waals surface area (Å²) in [5, 5.41) is 5.48. The SMILES string of the molecule is COC(=O)N[C@H](C(=O)N1C[C@@H]2C[C@@H]2[C@H]1c1nc2ccc(-c3cnc4cc(-c5ccc6nc([C@@H]7C[C@H]8C[C@H]8N7C(=O)[C@@H](NC(=O)OC)C(C)C)[nH]c6c5)cnc4c3)cc2[nH]1)C(C)C. The van der Waals surface area contributed by atoms with E-state index in [-0.39, 0.29) is 41.8 Å². The van der Waals surface area contributed by atoms with Crippen molar-refractivity contribution in [3.63, 3.8) is 0 Å². The van der Waals surface area contributed by atoms with Crippen molar-refractivity contribution < 1.29 is 28.7 Å². The molecular weight excluding hydrogens is 789 g/mol. The Morgan fingerprint density at radius 3 is 1.77 bits per heavy atom. The van der Waals surface area contributed by atoms with Crippen LogP contribution in [0, 0.1) is 29.6 Å². The zero-order chi connectivity index (χ0) is 43.1. The molecule has 4 fully saturated rings. The molecule has 16 heteroatoms. The number of alkyl carbamates (subject to hydrolysis) is 2. The number of methoxy groups -OCH3 is 2. The predicted molar refractivity (Wildman–Crippen MR) is 230 cm³/mol. The molecule has 6 aromatic rings. The van der Waals surface area contributed by atoms with Crippen molar-refractivity contribution in [2.75, 3.05) is 20.8 Å². The fourth-order valence-corrected chi connectivity index (χ4v) is 9.83. The molecule has 0 bridgehead atoms. The Morgan fingerprint density at radius 2 is 1.21 bits per heavy atom. The van der Waals surface area contributed by atoms with Crippen molar-refractivity contribution in [3.05, 3.63) is 72.6 Å². The molecule has 0 unspecified atom stereocenters. The lowest BCUT2D eigenvalue weighted by atomic mass is 10.0. The number of pyridine rings is 2. The number of rotatable bonds is 10. The minimum Gasteiger partial charge on any atom is -0.453 e. The Kier molecular flexibility index (Phi) is 9.63. The number of H-pyrrole nitrogens is 2. The second-order valence-corrected chi connectivity index (χ2v) is 18.1. The number of aromatic nitrogens is 6. The van der Waals surface area contributed by atoms with E-state index in [1.807, 2.05) is 86.3 Å². The molecule has 16 nitrogen and oxygen atoms in total. The summed E-state index contributed by atoms with van der Waals surface area (Å²) in [5.41, 5.74) is 8.59. The number of carbonyl (C=O) groups is 4. The smallest absolute Gasteiger partial charge is 0.407 e. The molecule has 2 saturated heterocycles. The van der Waals surface area contributed by atoms with Gasteiger partial charge in [0.1, 0.15) is 23.7 Å². The first-order valence-electron chi connectivity index (χ1n) is 21.5. The van der Waals surface area contributed by atoms with Gasteiger partial charge in [-0.15, -0.1) is 0 Å². The molecule has 0 spiro atoms. The quantitative estimate of drug-likeness (QED) is 0.116. The molecule has 62 heavy (non-hydrogen) atoms. The number of benzene rings is 2. The molecule has 2 aliphatic carbocycles. The van der Waals surface area contributed by atoms with Gasteiger partial charge in [-0.1, -0.05) is 39.8 Å². The van der Waals surface area contributed by atoms with Gasteiger partial charge in [0.15, 0.2) is 0 Å².